The number of nitrogens with zero attached hydrogens (tertiary/aromatic N) is 2. The summed E-state index contributed by atoms with van der Waals surface area (Å²) in [7, 11) is 1.28. The molecule has 3 rings (SSSR count). The number of para-hydroxylation sites is 1. The molecule has 0 unspecified atom stereocenters. The number of carbonyl (C=O) groups is 1. The number of nitrogen functional groups attached to an aromatic ring is 1. The Balaban J connectivity index is 2.01. The van der Waals surface area contributed by atoms with Crippen molar-refractivity contribution in [3.8, 4) is 11.8 Å². The Morgan fingerprint density at radius 1 is 1.30 bits per heavy atom. The van der Waals surface area contributed by atoms with Crippen LogP contribution in [0, 0.1) is 11.3 Å². The highest BCUT2D eigenvalue weighted by Crippen LogP contribution is 2.33. The van der Waals surface area contributed by atoms with Crippen LogP contribution in [0.1, 0.15) is 21.6 Å². The molecule has 0 aliphatic rings. The van der Waals surface area contributed by atoms with Crippen LogP contribution >= 0.6 is 23.4 Å². The van der Waals surface area contributed by atoms with E-state index in [4.69, 9.17) is 22.1 Å². The van der Waals surface area contributed by atoms with Gasteiger partial charge in [0.1, 0.15) is 6.07 Å². The summed E-state index contributed by atoms with van der Waals surface area (Å²) in [5.74, 6) is 0.108. The minimum absolute atomic E-state index is 0.110. The number of hydrogen-bond donors (Lipinski definition) is 1. The normalized spacial score (nSPS) is 10.4. The van der Waals surface area contributed by atoms with Crippen molar-refractivity contribution < 1.29 is 9.53 Å². The molecule has 0 fully saturated rings. The molecule has 1 heterocycles. The molecule has 5 nitrogen and oxygen atoms in total. The summed E-state index contributed by atoms with van der Waals surface area (Å²) in [5, 5.41) is 9.98. The van der Waals surface area contributed by atoms with Crippen LogP contribution in [0.25, 0.3) is 5.69 Å². The smallest absolute Gasteiger partial charge is 0.357 e. The van der Waals surface area contributed by atoms with Gasteiger partial charge in [-0.05, 0) is 29.8 Å². The fourth-order valence-corrected chi connectivity index (χ4v) is 3.87. The lowest BCUT2D eigenvalue weighted by Gasteiger charge is -2.13. The van der Waals surface area contributed by atoms with E-state index >= 15 is 0 Å². The minimum Gasteiger partial charge on any atom is -0.464 e. The Kier molecular flexibility index (Phi) is 5.75. The Morgan fingerprint density at radius 2 is 2.07 bits per heavy atom. The molecule has 0 aliphatic carbocycles. The van der Waals surface area contributed by atoms with Crippen LogP contribution in [0.5, 0.6) is 0 Å². The van der Waals surface area contributed by atoms with Crippen molar-refractivity contribution in [2.24, 2.45) is 0 Å². The number of nitriles is 1. The van der Waals surface area contributed by atoms with Crippen molar-refractivity contribution in [3.05, 3.63) is 76.6 Å². The van der Waals surface area contributed by atoms with Gasteiger partial charge in [0.15, 0.2) is 5.69 Å². The topological polar surface area (TPSA) is 81.0 Å². The number of halogens is 1. The molecular weight excluding hydrogens is 382 g/mol. The molecule has 27 heavy (non-hydrogen) atoms. The summed E-state index contributed by atoms with van der Waals surface area (Å²) >= 11 is 7.65. The highest BCUT2D eigenvalue weighted by atomic mass is 35.5. The zero-order valence-corrected chi connectivity index (χ0v) is 16.1. The monoisotopic (exact) mass is 397 g/mol. The van der Waals surface area contributed by atoms with E-state index in [1.165, 1.54) is 7.11 Å². The fourth-order valence-electron chi connectivity index (χ4n) is 2.67. The molecule has 2 N–H and O–H groups in total. The van der Waals surface area contributed by atoms with Crippen molar-refractivity contribution in [2.75, 3.05) is 12.8 Å². The number of nitrogens with two attached hydrogens (primary N) is 1. The molecule has 0 radical (unpaired) electrons. The van der Waals surface area contributed by atoms with Crippen molar-refractivity contribution in [2.45, 2.75) is 10.6 Å². The lowest BCUT2D eigenvalue weighted by Crippen LogP contribution is -2.11. The van der Waals surface area contributed by atoms with Crippen LogP contribution in [-0.4, -0.2) is 17.6 Å². The molecule has 0 amide bonds. The molecular formula is C20H16ClN3O2S. The van der Waals surface area contributed by atoms with Crippen molar-refractivity contribution in [1.29, 1.82) is 5.26 Å². The highest BCUT2D eigenvalue weighted by molar-refractivity contribution is 7.98. The number of ether oxygens (including phenoxy) is 1. The third-order valence-corrected chi connectivity index (χ3v) is 5.32. The predicted molar refractivity (Wildman–Crippen MR) is 107 cm³/mol. The average molecular weight is 398 g/mol. The second-order valence-electron chi connectivity index (χ2n) is 5.66. The van der Waals surface area contributed by atoms with E-state index in [2.05, 4.69) is 0 Å². The van der Waals surface area contributed by atoms with Gasteiger partial charge in [-0.3, -0.25) is 0 Å². The van der Waals surface area contributed by atoms with Crippen molar-refractivity contribution >= 4 is 35.0 Å². The second-order valence-corrected chi connectivity index (χ2v) is 7.12. The first-order valence-corrected chi connectivity index (χ1v) is 9.37. The number of hydrogen-bond acceptors (Lipinski definition) is 5. The molecule has 0 atom stereocenters. The van der Waals surface area contributed by atoms with E-state index in [0.717, 1.165) is 16.1 Å². The molecule has 0 aliphatic heterocycles. The minimum atomic E-state index is -0.594. The third-order valence-electron chi connectivity index (χ3n) is 3.95. The van der Waals surface area contributed by atoms with E-state index in [9.17, 15) is 10.1 Å². The number of rotatable bonds is 5. The summed E-state index contributed by atoms with van der Waals surface area (Å²) in [4.78, 5) is 13.2. The van der Waals surface area contributed by atoms with Gasteiger partial charge in [0, 0.05) is 21.9 Å². The molecule has 2 aromatic carbocycles. The molecule has 0 saturated heterocycles. The molecule has 0 spiro atoms. The Labute approximate surface area is 166 Å². The molecule has 7 heteroatoms. The van der Waals surface area contributed by atoms with Crippen molar-refractivity contribution in [3.63, 3.8) is 0 Å². The number of aromatic nitrogens is 1. The zero-order valence-electron chi connectivity index (χ0n) is 14.5. The Morgan fingerprint density at radius 3 is 2.78 bits per heavy atom. The van der Waals surface area contributed by atoms with Gasteiger partial charge in [-0.2, -0.15) is 5.26 Å². The van der Waals surface area contributed by atoms with Crippen LogP contribution in [0.4, 0.5) is 5.69 Å². The summed E-state index contributed by atoms with van der Waals surface area (Å²) in [6.45, 7) is 0. The predicted octanol–water partition coefficient (Wildman–Crippen LogP) is 4.66. The van der Waals surface area contributed by atoms with Crippen LogP contribution in [0.3, 0.4) is 0 Å². The number of thioether (sulfide) groups is 1. The van der Waals surface area contributed by atoms with Gasteiger partial charge in [0.2, 0.25) is 0 Å². The number of esters is 1. The quantitative estimate of drug-likeness (QED) is 0.500. The highest BCUT2D eigenvalue weighted by Gasteiger charge is 2.22. The zero-order chi connectivity index (χ0) is 19.4. The number of anilines is 1. The average Bonchev–Trinajstić information content (AvgIpc) is 3.02. The fraction of sp³-hybridized carbons (Fsp3) is 0.100. The van der Waals surface area contributed by atoms with Gasteiger partial charge in [0.05, 0.1) is 24.0 Å². The maximum atomic E-state index is 12.2. The van der Waals surface area contributed by atoms with E-state index in [1.807, 2.05) is 54.6 Å². The van der Waals surface area contributed by atoms with Crippen LogP contribution in [0.15, 0.2) is 59.6 Å². The summed E-state index contributed by atoms with van der Waals surface area (Å²) in [5.41, 5.74) is 8.31. The summed E-state index contributed by atoms with van der Waals surface area (Å²) in [6, 6.07) is 17.3. The number of carbonyl (C=O) groups excluding carboxylic acids is 1. The van der Waals surface area contributed by atoms with Crippen LogP contribution in [-0.2, 0) is 10.5 Å². The summed E-state index contributed by atoms with van der Waals surface area (Å²) < 4.78 is 6.46. The third kappa shape index (κ3) is 3.95. The van der Waals surface area contributed by atoms with E-state index < -0.39 is 5.97 Å². The molecule has 1 aromatic heterocycles. The van der Waals surface area contributed by atoms with Gasteiger partial charge in [-0.15, -0.1) is 11.8 Å². The molecule has 0 saturated carbocycles. The first-order chi connectivity index (χ1) is 13.0. The maximum absolute atomic E-state index is 12.2. The largest absolute Gasteiger partial charge is 0.464 e. The first-order valence-electron chi connectivity index (χ1n) is 8.01. The van der Waals surface area contributed by atoms with Gasteiger partial charge in [-0.1, -0.05) is 35.9 Å². The maximum Gasteiger partial charge on any atom is 0.357 e. The van der Waals surface area contributed by atoms with E-state index in [1.54, 1.807) is 22.5 Å². The number of benzene rings is 2. The molecule has 0 bridgehead atoms. The molecule has 3 aromatic rings. The van der Waals surface area contributed by atoms with Gasteiger partial charge in [-0.25, -0.2) is 4.79 Å². The number of methoxy groups -OCH3 is 1. The summed E-state index contributed by atoms with van der Waals surface area (Å²) in [6.07, 6.45) is 1.56. The van der Waals surface area contributed by atoms with Gasteiger partial charge < -0.3 is 15.0 Å². The SMILES string of the molecule is COC(=O)c1c(N)c(C#N)cn1-c1ccccc1SCc1cccc(Cl)c1. The van der Waals surface area contributed by atoms with Crippen molar-refractivity contribution in [1.82, 2.24) is 4.57 Å². The lowest BCUT2D eigenvalue weighted by atomic mass is 10.2. The second kappa shape index (κ2) is 8.21. The van der Waals surface area contributed by atoms with Crippen LogP contribution in [0.2, 0.25) is 5.02 Å². The Bertz CT molecular complexity index is 1040. The standard InChI is InChI=1S/C20H16ClN3O2S/c1-26-20(25)19-18(23)14(10-22)11-24(19)16-7-2-3-8-17(16)27-12-13-5-4-6-15(21)9-13/h2-9,11H,12,23H2,1H3. The Hall–Kier alpha value is -2.88. The van der Waals surface area contributed by atoms with Crippen LogP contribution < -0.4 is 5.73 Å². The lowest BCUT2D eigenvalue weighted by molar-refractivity contribution is 0.0593. The van der Waals surface area contributed by atoms with E-state index in [0.29, 0.717) is 10.8 Å². The first kappa shape index (κ1) is 18.9. The van der Waals surface area contributed by atoms with Gasteiger partial charge in [0.25, 0.3) is 0 Å². The molecule has 136 valence electrons. The van der Waals surface area contributed by atoms with Gasteiger partial charge >= 0.3 is 5.97 Å². The van der Waals surface area contributed by atoms with E-state index in [-0.39, 0.29) is 16.9 Å².